The monoisotopic (exact) mass is 404 g/mol. The molecule has 0 aromatic heterocycles. The molecule has 0 spiro atoms. The van der Waals surface area contributed by atoms with Gasteiger partial charge in [-0.2, -0.15) is 0 Å². The number of hydrogen-bond acceptors (Lipinski definition) is 8. The zero-order chi connectivity index (χ0) is 21.6. The van der Waals surface area contributed by atoms with Crippen molar-refractivity contribution in [3.05, 3.63) is 35.4 Å². The zero-order valence-corrected chi connectivity index (χ0v) is 17.3. The molecule has 0 heterocycles. The fraction of sp³-hybridized carbons (Fsp3) is 0.333. The van der Waals surface area contributed by atoms with E-state index in [4.69, 9.17) is 28.4 Å². The summed E-state index contributed by atoms with van der Waals surface area (Å²) in [6.07, 6.45) is 0. The van der Waals surface area contributed by atoms with E-state index in [-0.39, 0.29) is 35.4 Å². The maximum Gasteiger partial charge on any atom is 0.204 e. The van der Waals surface area contributed by atoms with Crippen LogP contribution in [0.25, 0.3) is 0 Å². The summed E-state index contributed by atoms with van der Waals surface area (Å²) in [4.78, 5) is 24.4. The molecule has 29 heavy (non-hydrogen) atoms. The normalized spacial score (nSPS) is 10.1. The summed E-state index contributed by atoms with van der Waals surface area (Å²) < 4.78 is 32.1. The van der Waals surface area contributed by atoms with Crippen LogP contribution in [0.2, 0.25) is 0 Å². The van der Waals surface area contributed by atoms with Crippen LogP contribution in [0.1, 0.15) is 27.6 Å². The van der Waals surface area contributed by atoms with E-state index in [1.54, 1.807) is 12.1 Å². The topological polar surface area (TPSA) is 89.5 Å². The highest BCUT2D eigenvalue weighted by molar-refractivity contribution is 5.99. The van der Waals surface area contributed by atoms with Crippen LogP contribution < -0.4 is 28.4 Å². The Morgan fingerprint density at radius 1 is 0.655 bits per heavy atom. The lowest BCUT2D eigenvalue weighted by Gasteiger charge is -2.16. The third-order valence-corrected chi connectivity index (χ3v) is 4.20. The van der Waals surface area contributed by atoms with E-state index >= 15 is 0 Å². The first-order valence-corrected chi connectivity index (χ1v) is 8.63. The number of ether oxygens (including phenoxy) is 6. The number of benzene rings is 2. The predicted molar refractivity (Wildman–Crippen MR) is 105 cm³/mol. The Bertz CT molecular complexity index is 854. The van der Waals surface area contributed by atoms with Gasteiger partial charge < -0.3 is 28.4 Å². The van der Waals surface area contributed by atoms with Gasteiger partial charge in [-0.3, -0.25) is 9.59 Å². The molecule has 8 heteroatoms. The fourth-order valence-electron chi connectivity index (χ4n) is 2.69. The first-order valence-electron chi connectivity index (χ1n) is 8.63. The predicted octanol–water partition coefficient (Wildman–Crippen LogP) is 3.19. The maximum absolute atomic E-state index is 12.7. The molecular formula is C21H24O8. The molecule has 0 aliphatic heterocycles. The van der Waals surface area contributed by atoms with E-state index in [2.05, 4.69) is 0 Å². The Morgan fingerprint density at radius 2 is 1.07 bits per heavy atom. The number of hydrogen-bond donors (Lipinski definition) is 0. The zero-order valence-electron chi connectivity index (χ0n) is 17.3. The molecular weight excluding hydrogens is 380 g/mol. The lowest BCUT2D eigenvalue weighted by Crippen LogP contribution is -2.13. The van der Waals surface area contributed by atoms with Crippen LogP contribution in [0, 0.1) is 0 Å². The van der Waals surface area contributed by atoms with E-state index in [1.165, 1.54) is 54.6 Å². The molecule has 2 rings (SSSR count). The lowest BCUT2D eigenvalue weighted by atomic mass is 10.1. The summed E-state index contributed by atoms with van der Waals surface area (Å²) in [7, 11) is 7.29. The van der Waals surface area contributed by atoms with Gasteiger partial charge in [0.25, 0.3) is 0 Å². The van der Waals surface area contributed by atoms with Gasteiger partial charge in [0.1, 0.15) is 0 Å². The Labute approximate surface area is 169 Å². The number of carbonyl (C=O) groups excluding carboxylic acids is 2. The standard InChI is InChI=1S/C21H24O8/c1-12(22)13-7-18(26-4)21(19(8-13)27-5)29-11-15(23)14-9-16(24-2)20(28-6)17(10-14)25-3/h7-10H,11H2,1-6H3. The Morgan fingerprint density at radius 3 is 1.45 bits per heavy atom. The van der Waals surface area contributed by atoms with Gasteiger partial charge in [-0.25, -0.2) is 0 Å². The van der Waals surface area contributed by atoms with Gasteiger partial charge in [0.2, 0.25) is 11.5 Å². The summed E-state index contributed by atoms with van der Waals surface area (Å²) in [5.74, 6) is 1.41. The van der Waals surface area contributed by atoms with Crippen LogP contribution in [-0.2, 0) is 0 Å². The van der Waals surface area contributed by atoms with Gasteiger partial charge in [-0.1, -0.05) is 0 Å². The van der Waals surface area contributed by atoms with E-state index < -0.39 is 0 Å². The van der Waals surface area contributed by atoms with Crippen LogP contribution in [0.3, 0.4) is 0 Å². The summed E-state index contributed by atoms with van der Waals surface area (Å²) in [5.41, 5.74) is 0.722. The molecule has 2 aromatic rings. The molecule has 156 valence electrons. The van der Waals surface area contributed by atoms with Gasteiger partial charge in [-0.05, 0) is 31.2 Å². The lowest BCUT2D eigenvalue weighted by molar-refractivity contribution is 0.0915. The van der Waals surface area contributed by atoms with E-state index in [0.717, 1.165) is 0 Å². The van der Waals surface area contributed by atoms with Crippen molar-refractivity contribution in [3.63, 3.8) is 0 Å². The molecule has 0 atom stereocenters. The third-order valence-electron chi connectivity index (χ3n) is 4.20. The van der Waals surface area contributed by atoms with Gasteiger partial charge in [0, 0.05) is 11.1 Å². The summed E-state index contributed by atoms with van der Waals surface area (Å²) in [6.45, 7) is 1.13. The van der Waals surface area contributed by atoms with E-state index in [0.29, 0.717) is 28.4 Å². The molecule has 0 radical (unpaired) electrons. The van der Waals surface area contributed by atoms with Crippen molar-refractivity contribution in [1.29, 1.82) is 0 Å². The Kier molecular flexibility index (Phi) is 7.30. The van der Waals surface area contributed by atoms with Gasteiger partial charge >= 0.3 is 0 Å². The fourth-order valence-corrected chi connectivity index (χ4v) is 2.69. The quantitative estimate of drug-likeness (QED) is 0.558. The molecule has 0 aliphatic rings. The average molecular weight is 404 g/mol. The van der Waals surface area contributed by atoms with E-state index in [9.17, 15) is 9.59 Å². The summed E-state index contributed by atoms with van der Waals surface area (Å²) >= 11 is 0. The number of methoxy groups -OCH3 is 5. The minimum atomic E-state index is -0.330. The van der Waals surface area contributed by atoms with Crippen molar-refractivity contribution in [2.75, 3.05) is 42.2 Å². The molecule has 0 bridgehead atoms. The number of ketones is 2. The molecule has 0 saturated carbocycles. The van der Waals surface area contributed by atoms with Crippen LogP contribution in [-0.4, -0.2) is 53.7 Å². The van der Waals surface area contributed by atoms with Crippen molar-refractivity contribution in [2.24, 2.45) is 0 Å². The smallest absolute Gasteiger partial charge is 0.204 e. The highest BCUT2D eigenvalue weighted by Gasteiger charge is 2.20. The molecule has 0 amide bonds. The maximum atomic E-state index is 12.7. The molecule has 0 fully saturated rings. The highest BCUT2D eigenvalue weighted by atomic mass is 16.5. The van der Waals surface area contributed by atoms with Crippen LogP contribution in [0.5, 0.6) is 34.5 Å². The molecule has 0 saturated heterocycles. The SMILES string of the molecule is COc1cc(C(=O)COc2c(OC)cc(C(C)=O)cc2OC)cc(OC)c1OC. The highest BCUT2D eigenvalue weighted by Crippen LogP contribution is 2.40. The van der Waals surface area contributed by atoms with Crippen LogP contribution in [0.15, 0.2) is 24.3 Å². The first-order chi connectivity index (χ1) is 13.9. The molecule has 0 unspecified atom stereocenters. The molecule has 2 aromatic carbocycles. The van der Waals surface area contributed by atoms with Crippen molar-refractivity contribution in [2.45, 2.75) is 6.92 Å². The van der Waals surface area contributed by atoms with E-state index in [1.807, 2.05) is 0 Å². The minimum absolute atomic E-state index is 0.151. The second-order valence-electron chi connectivity index (χ2n) is 5.89. The number of carbonyl (C=O) groups is 2. The first kappa shape index (κ1) is 21.9. The second kappa shape index (κ2) is 9.68. The second-order valence-corrected chi connectivity index (χ2v) is 5.89. The van der Waals surface area contributed by atoms with Crippen LogP contribution in [0.4, 0.5) is 0 Å². The minimum Gasteiger partial charge on any atom is -0.493 e. The van der Waals surface area contributed by atoms with Crippen molar-refractivity contribution in [1.82, 2.24) is 0 Å². The van der Waals surface area contributed by atoms with Gasteiger partial charge in [0.15, 0.2) is 41.2 Å². The van der Waals surface area contributed by atoms with Crippen molar-refractivity contribution < 1.29 is 38.0 Å². The van der Waals surface area contributed by atoms with Gasteiger partial charge in [-0.15, -0.1) is 0 Å². The molecule has 0 aliphatic carbocycles. The Hall–Kier alpha value is -3.42. The number of Topliss-reactive ketones (excluding diaryl/α,β-unsaturated/α-hetero) is 2. The van der Waals surface area contributed by atoms with Crippen molar-refractivity contribution >= 4 is 11.6 Å². The largest absolute Gasteiger partial charge is 0.493 e. The summed E-state index contributed by atoms with van der Waals surface area (Å²) in [5, 5.41) is 0. The third kappa shape index (κ3) is 4.71. The molecule has 0 N–H and O–H groups in total. The van der Waals surface area contributed by atoms with Crippen molar-refractivity contribution in [3.8, 4) is 34.5 Å². The summed E-state index contributed by atoms with van der Waals surface area (Å²) in [6, 6.07) is 6.15. The van der Waals surface area contributed by atoms with Crippen LogP contribution >= 0.6 is 0 Å². The molecule has 8 nitrogen and oxygen atoms in total. The number of rotatable bonds is 10. The Balaban J connectivity index is 2.33. The average Bonchev–Trinajstić information content (AvgIpc) is 2.75. The van der Waals surface area contributed by atoms with Gasteiger partial charge in [0.05, 0.1) is 35.5 Å².